The highest BCUT2D eigenvalue weighted by Crippen LogP contribution is 2.12. The van der Waals surface area contributed by atoms with Crippen molar-refractivity contribution in [2.45, 2.75) is 0 Å². The number of aromatic nitrogens is 1. The summed E-state index contributed by atoms with van der Waals surface area (Å²) in [6.07, 6.45) is 5.60. The van der Waals surface area contributed by atoms with Crippen molar-refractivity contribution in [1.82, 2.24) is 4.98 Å². The van der Waals surface area contributed by atoms with Gasteiger partial charge in [0.15, 0.2) is 0 Å². The van der Waals surface area contributed by atoms with Gasteiger partial charge in [-0.15, -0.1) is 11.3 Å². The monoisotopic (exact) mass is 245 g/mol. The minimum absolute atomic E-state index is 0.325. The topological polar surface area (TPSA) is 39.2 Å². The summed E-state index contributed by atoms with van der Waals surface area (Å²) in [4.78, 5) is 15.5. The molecule has 0 fully saturated rings. The number of methoxy groups -OCH3 is 1. The van der Waals surface area contributed by atoms with Gasteiger partial charge in [-0.05, 0) is 23.8 Å². The van der Waals surface area contributed by atoms with Gasteiger partial charge in [0.2, 0.25) is 0 Å². The molecule has 0 saturated carbocycles. The lowest BCUT2D eigenvalue weighted by Gasteiger charge is -1.99. The number of benzene rings is 1. The highest BCUT2D eigenvalue weighted by atomic mass is 32.1. The Hall–Kier alpha value is -1.94. The summed E-state index contributed by atoms with van der Waals surface area (Å²) >= 11 is 1.57. The maximum Gasteiger partial charge on any atom is 0.337 e. The van der Waals surface area contributed by atoms with Crippen LogP contribution in [0.3, 0.4) is 0 Å². The third kappa shape index (κ3) is 3.01. The first-order valence-corrected chi connectivity index (χ1v) is 5.93. The normalized spacial score (nSPS) is 10.6. The van der Waals surface area contributed by atoms with E-state index in [9.17, 15) is 4.79 Å². The van der Waals surface area contributed by atoms with E-state index in [0.717, 1.165) is 10.6 Å². The Morgan fingerprint density at radius 2 is 2.29 bits per heavy atom. The van der Waals surface area contributed by atoms with Crippen LogP contribution >= 0.6 is 11.3 Å². The van der Waals surface area contributed by atoms with E-state index < -0.39 is 0 Å². The lowest BCUT2D eigenvalue weighted by atomic mass is 10.1. The van der Waals surface area contributed by atoms with Gasteiger partial charge in [0.25, 0.3) is 0 Å². The van der Waals surface area contributed by atoms with Crippen LogP contribution in [0, 0.1) is 0 Å². The van der Waals surface area contributed by atoms with Crippen molar-refractivity contribution in [3.63, 3.8) is 0 Å². The van der Waals surface area contributed by atoms with Gasteiger partial charge in [-0.25, -0.2) is 9.78 Å². The van der Waals surface area contributed by atoms with Gasteiger partial charge in [-0.1, -0.05) is 18.2 Å². The van der Waals surface area contributed by atoms with Crippen LogP contribution in [0.2, 0.25) is 0 Å². The van der Waals surface area contributed by atoms with Gasteiger partial charge in [-0.3, -0.25) is 0 Å². The third-order valence-corrected chi connectivity index (χ3v) is 2.92. The van der Waals surface area contributed by atoms with Gasteiger partial charge in [0.1, 0.15) is 5.01 Å². The zero-order valence-corrected chi connectivity index (χ0v) is 10.1. The first kappa shape index (κ1) is 11.5. The Labute approximate surface area is 103 Å². The molecule has 2 aromatic rings. The van der Waals surface area contributed by atoms with E-state index in [0.29, 0.717) is 5.56 Å². The molecule has 0 bridgehead atoms. The number of esters is 1. The molecule has 1 aromatic carbocycles. The minimum atomic E-state index is -0.325. The third-order valence-electron chi connectivity index (χ3n) is 2.18. The fourth-order valence-corrected chi connectivity index (χ4v) is 1.90. The summed E-state index contributed by atoms with van der Waals surface area (Å²) in [5.74, 6) is -0.325. The van der Waals surface area contributed by atoms with Crippen molar-refractivity contribution in [3.8, 4) is 0 Å². The van der Waals surface area contributed by atoms with Crippen molar-refractivity contribution in [1.29, 1.82) is 0 Å². The lowest BCUT2D eigenvalue weighted by molar-refractivity contribution is 0.0600. The Kier molecular flexibility index (Phi) is 3.67. The maximum atomic E-state index is 11.3. The molecule has 0 radical (unpaired) electrons. The number of hydrogen-bond acceptors (Lipinski definition) is 4. The van der Waals surface area contributed by atoms with Crippen LogP contribution in [0.5, 0.6) is 0 Å². The molecule has 0 amide bonds. The maximum absolute atomic E-state index is 11.3. The van der Waals surface area contributed by atoms with Crippen LogP contribution in [-0.2, 0) is 4.74 Å². The Balaban J connectivity index is 2.19. The predicted molar refractivity (Wildman–Crippen MR) is 68.8 cm³/mol. The van der Waals surface area contributed by atoms with Crippen LogP contribution in [0.1, 0.15) is 20.9 Å². The fraction of sp³-hybridized carbons (Fsp3) is 0.0769. The number of carbonyl (C=O) groups is 1. The van der Waals surface area contributed by atoms with Gasteiger partial charge >= 0.3 is 5.97 Å². The van der Waals surface area contributed by atoms with Crippen molar-refractivity contribution in [3.05, 3.63) is 52.0 Å². The van der Waals surface area contributed by atoms with E-state index in [1.54, 1.807) is 29.7 Å². The molecule has 0 aliphatic rings. The van der Waals surface area contributed by atoms with E-state index in [-0.39, 0.29) is 5.97 Å². The van der Waals surface area contributed by atoms with Crippen molar-refractivity contribution in [2.24, 2.45) is 0 Å². The molecular weight excluding hydrogens is 234 g/mol. The van der Waals surface area contributed by atoms with Crippen LogP contribution in [0.25, 0.3) is 12.2 Å². The standard InChI is InChI=1S/C13H11NO2S/c1-16-13(15)11-4-2-3-10(9-11)5-6-12-14-7-8-17-12/h2-9H,1H3/b6-5+. The second kappa shape index (κ2) is 5.41. The highest BCUT2D eigenvalue weighted by Gasteiger charge is 2.03. The molecule has 0 saturated heterocycles. The summed E-state index contributed by atoms with van der Waals surface area (Å²) < 4.78 is 4.67. The Morgan fingerprint density at radius 3 is 3.00 bits per heavy atom. The second-order valence-electron chi connectivity index (χ2n) is 3.32. The van der Waals surface area contributed by atoms with Crippen LogP contribution in [0.15, 0.2) is 35.8 Å². The van der Waals surface area contributed by atoms with Crippen LogP contribution < -0.4 is 0 Å². The molecule has 0 spiro atoms. The molecule has 17 heavy (non-hydrogen) atoms. The zero-order valence-electron chi connectivity index (χ0n) is 9.29. The second-order valence-corrected chi connectivity index (χ2v) is 4.25. The largest absolute Gasteiger partial charge is 0.465 e. The number of hydrogen-bond donors (Lipinski definition) is 0. The lowest BCUT2D eigenvalue weighted by Crippen LogP contribution is -2.00. The van der Waals surface area contributed by atoms with E-state index >= 15 is 0 Å². The van der Waals surface area contributed by atoms with Crippen LogP contribution in [-0.4, -0.2) is 18.1 Å². The smallest absolute Gasteiger partial charge is 0.337 e. The molecule has 0 N–H and O–H groups in total. The van der Waals surface area contributed by atoms with Crippen LogP contribution in [0.4, 0.5) is 0 Å². The minimum Gasteiger partial charge on any atom is -0.465 e. The average molecular weight is 245 g/mol. The molecule has 3 nitrogen and oxygen atoms in total. The number of carbonyl (C=O) groups excluding carboxylic acids is 1. The first-order valence-electron chi connectivity index (χ1n) is 5.05. The molecule has 1 aromatic heterocycles. The van der Waals surface area contributed by atoms with Gasteiger partial charge in [-0.2, -0.15) is 0 Å². The van der Waals surface area contributed by atoms with E-state index in [4.69, 9.17) is 0 Å². The van der Waals surface area contributed by atoms with E-state index in [1.165, 1.54) is 7.11 Å². The van der Waals surface area contributed by atoms with Crippen molar-refractivity contribution in [2.75, 3.05) is 7.11 Å². The summed E-state index contributed by atoms with van der Waals surface area (Å²) in [6.45, 7) is 0. The number of thiazole rings is 1. The molecule has 2 rings (SSSR count). The van der Waals surface area contributed by atoms with Crippen molar-refractivity contribution >= 4 is 29.5 Å². The van der Waals surface area contributed by atoms with E-state index in [1.807, 2.05) is 29.7 Å². The molecule has 0 atom stereocenters. The molecule has 0 unspecified atom stereocenters. The van der Waals surface area contributed by atoms with Gasteiger partial charge < -0.3 is 4.74 Å². The first-order chi connectivity index (χ1) is 8.29. The molecule has 1 heterocycles. The zero-order chi connectivity index (χ0) is 12.1. The number of nitrogens with zero attached hydrogens (tertiary/aromatic N) is 1. The summed E-state index contributed by atoms with van der Waals surface area (Å²) in [5.41, 5.74) is 1.50. The summed E-state index contributed by atoms with van der Waals surface area (Å²) in [5, 5.41) is 2.86. The molecule has 4 heteroatoms. The van der Waals surface area contributed by atoms with Gasteiger partial charge in [0.05, 0.1) is 12.7 Å². The predicted octanol–water partition coefficient (Wildman–Crippen LogP) is 3.10. The Bertz CT molecular complexity index is 532. The summed E-state index contributed by atoms with van der Waals surface area (Å²) in [6, 6.07) is 7.27. The summed E-state index contributed by atoms with van der Waals surface area (Å²) in [7, 11) is 1.38. The van der Waals surface area contributed by atoms with Crippen molar-refractivity contribution < 1.29 is 9.53 Å². The SMILES string of the molecule is COC(=O)c1cccc(/C=C/c2nccs2)c1. The van der Waals surface area contributed by atoms with Gasteiger partial charge in [0, 0.05) is 11.6 Å². The number of rotatable bonds is 3. The number of ether oxygens (including phenoxy) is 1. The molecule has 0 aliphatic carbocycles. The average Bonchev–Trinajstić information content (AvgIpc) is 2.89. The Morgan fingerprint density at radius 1 is 1.41 bits per heavy atom. The fourth-order valence-electron chi connectivity index (χ4n) is 1.37. The van der Waals surface area contributed by atoms with E-state index in [2.05, 4.69) is 9.72 Å². The quantitative estimate of drug-likeness (QED) is 0.780. The molecule has 86 valence electrons. The molecular formula is C13H11NO2S. The highest BCUT2D eigenvalue weighted by molar-refractivity contribution is 7.10. The molecule has 0 aliphatic heterocycles.